The maximum absolute atomic E-state index is 13.8. The van der Waals surface area contributed by atoms with Gasteiger partial charge < -0.3 is 19.7 Å². The average Bonchev–Trinajstić information content (AvgIpc) is 3.27. The van der Waals surface area contributed by atoms with Gasteiger partial charge in [0.05, 0.1) is 53.4 Å². The minimum atomic E-state index is -0.741. The van der Waals surface area contributed by atoms with E-state index in [1.54, 1.807) is 23.3 Å². The van der Waals surface area contributed by atoms with Crippen molar-refractivity contribution in [2.24, 2.45) is 0 Å². The molecule has 0 atom stereocenters. The molecule has 2 aromatic heterocycles. The summed E-state index contributed by atoms with van der Waals surface area (Å²) in [7, 11) is 0. The van der Waals surface area contributed by atoms with Gasteiger partial charge in [0.25, 0.3) is 11.1 Å². The Hall–Kier alpha value is -6.08. The summed E-state index contributed by atoms with van der Waals surface area (Å²) in [6.45, 7) is 13.1. The molecule has 0 saturated heterocycles. The predicted octanol–water partition coefficient (Wildman–Crippen LogP) is 9.76. The lowest BCUT2D eigenvalue weighted by atomic mass is 9.97. The van der Waals surface area contributed by atoms with E-state index in [1.165, 1.54) is 0 Å². The van der Waals surface area contributed by atoms with E-state index < -0.39 is 11.5 Å². The molecule has 0 aliphatic carbocycles. The number of hydrogen-bond acceptors (Lipinski definition) is 9. The second-order valence-electron chi connectivity index (χ2n) is 15.9. The predicted molar refractivity (Wildman–Crippen MR) is 259 cm³/mol. The second kappa shape index (κ2) is 24.3. The van der Waals surface area contributed by atoms with Gasteiger partial charge in [0, 0.05) is 44.1 Å². The van der Waals surface area contributed by atoms with Crippen LogP contribution in [-0.2, 0) is 35.4 Å². The highest BCUT2D eigenvalue weighted by Crippen LogP contribution is 2.29. The van der Waals surface area contributed by atoms with Crippen LogP contribution in [0.25, 0.3) is 0 Å². The van der Waals surface area contributed by atoms with Gasteiger partial charge in [0.15, 0.2) is 0 Å². The third-order valence-corrected chi connectivity index (χ3v) is 10.7. The molecule has 2 aliphatic rings. The Morgan fingerprint density at radius 3 is 1.37 bits per heavy atom. The first-order valence-corrected chi connectivity index (χ1v) is 21.7. The number of benzene rings is 4. The summed E-state index contributed by atoms with van der Waals surface area (Å²) in [6, 6.07) is 39.8. The zero-order valence-corrected chi connectivity index (χ0v) is 38.6. The SMILES string of the molecule is C.CC(C)OC(=O)Cl.Cc1nc2c(c(=O)n1C(c1ccccc1)c1ccccc1)CN(C(=O)OC(C)C)CC2.Cc1nc2c(c(=O)n1C(c1ccccc1)c1ccccc1)CNCC2.Cl. The fraction of sp³-hybridized carbons (Fsp3) is 0.333. The number of aryl methyl sites for hydroxylation is 2. The number of fused-ring (bicyclic) bond motifs is 2. The van der Waals surface area contributed by atoms with E-state index in [2.05, 4.69) is 34.3 Å². The Balaban J connectivity index is 0.000000245. The van der Waals surface area contributed by atoms with Crippen LogP contribution in [0.5, 0.6) is 0 Å². The Labute approximate surface area is 393 Å². The Morgan fingerprint density at radius 1 is 0.615 bits per heavy atom. The van der Waals surface area contributed by atoms with Crippen LogP contribution < -0.4 is 16.4 Å². The summed E-state index contributed by atoms with van der Waals surface area (Å²) >= 11 is 4.81. The highest BCUT2D eigenvalue weighted by molar-refractivity contribution is 6.61. The Kier molecular flexibility index (Phi) is 19.3. The van der Waals surface area contributed by atoms with Crippen LogP contribution in [0, 0.1) is 13.8 Å². The zero-order valence-electron chi connectivity index (χ0n) is 37.1. The fourth-order valence-electron chi connectivity index (χ4n) is 7.89. The van der Waals surface area contributed by atoms with Crippen LogP contribution in [0.3, 0.4) is 0 Å². The van der Waals surface area contributed by atoms with Gasteiger partial charge in [-0.05, 0) is 63.8 Å². The summed E-state index contributed by atoms with van der Waals surface area (Å²) in [4.78, 5) is 60.4. The van der Waals surface area contributed by atoms with Crippen molar-refractivity contribution in [1.82, 2.24) is 29.3 Å². The monoisotopic (exact) mass is 922 g/mol. The third kappa shape index (κ3) is 13.0. The van der Waals surface area contributed by atoms with Crippen molar-refractivity contribution >= 4 is 35.5 Å². The zero-order chi connectivity index (χ0) is 45.0. The van der Waals surface area contributed by atoms with Crippen LogP contribution in [-0.4, -0.2) is 60.8 Å². The van der Waals surface area contributed by atoms with Crippen LogP contribution in [0.15, 0.2) is 131 Å². The summed E-state index contributed by atoms with van der Waals surface area (Å²) in [5.41, 5.74) is 6.48. The molecule has 0 radical (unpaired) electrons. The maximum Gasteiger partial charge on any atom is 0.410 e. The van der Waals surface area contributed by atoms with Gasteiger partial charge in [-0.1, -0.05) is 129 Å². The highest BCUT2D eigenvalue weighted by atomic mass is 35.5. The van der Waals surface area contributed by atoms with Gasteiger partial charge in [0.2, 0.25) is 0 Å². The van der Waals surface area contributed by atoms with Gasteiger partial charge >= 0.3 is 11.5 Å². The number of rotatable bonds is 8. The number of aromatic nitrogens is 4. The molecule has 8 rings (SSSR count). The van der Waals surface area contributed by atoms with E-state index in [0.29, 0.717) is 30.9 Å². The van der Waals surface area contributed by atoms with E-state index >= 15 is 0 Å². The van der Waals surface area contributed by atoms with E-state index in [1.807, 2.05) is 129 Å². The molecule has 0 spiro atoms. The average molecular weight is 924 g/mol. The molecule has 1 N–H and O–H groups in total. The number of carbonyl (C=O) groups excluding carboxylic acids is 2. The van der Waals surface area contributed by atoms with Crippen LogP contribution in [0.2, 0.25) is 0 Å². The normalized spacial score (nSPS) is 12.6. The van der Waals surface area contributed by atoms with Crippen molar-refractivity contribution in [2.75, 3.05) is 13.1 Å². The number of halogens is 2. The standard InChI is InChI=1S/C25H27N3O3.C21H21N3O.C4H7ClO2.CH4.ClH/c1-17(2)31-25(30)27-15-14-22-21(16-27)24(29)28(18(3)26-22)23(19-10-6-4-7-11-19)20-12-8-5-9-13-20;1-15-23-19-12-13-22-14-18(19)21(25)24(15)20(16-8-4-2-5-9-16)17-10-6-3-7-11-17;1-3(2)7-4(5)6;;/h4-13,17,23H,14-16H2,1-3H3;2-11,20,22H,12-14H2,1H3;3H,1-2H3;1H4;1H. The van der Waals surface area contributed by atoms with Gasteiger partial charge in [-0.25, -0.2) is 19.6 Å². The number of ether oxygens (including phenoxy) is 2. The van der Waals surface area contributed by atoms with Crippen LogP contribution in [0.4, 0.5) is 9.59 Å². The molecule has 344 valence electrons. The molecule has 0 saturated carbocycles. The molecule has 4 aromatic carbocycles. The first kappa shape index (κ1) is 51.6. The van der Waals surface area contributed by atoms with Crippen molar-refractivity contribution < 1.29 is 19.1 Å². The number of nitrogens with zero attached hydrogens (tertiary/aromatic N) is 5. The summed E-state index contributed by atoms with van der Waals surface area (Å²) in [6.07, 6.45) is 0.649. The molecular formula is C51H60Cl2N6O6. The second-order valence-corrected chi connectivity index (χ2v) is 16.2. The molecule has 4 heterocycles. The van der Waals surface area contributed by atoms with Gasteiger partial charge in [-0.15, -0.1) is 12.4 Å². The first-order chi connectivity index (χ1) is 30.3. The highest BCUT2D eigenvalue weighted by Gasteiger charge is 2.30. The Morgan fingerprint density at radius 2 is 1.00 bits per heavy atom. The molecule has 0 fully saturated rings. The molecule has 1 amide bonds. The molecular weight excluding hydrogens is 864 g/mol. The number of nitrogens with one attached hydrogen (secondary N) is 1. The molecule has 0 unspecified atom stereocenters. The van der Waals surface area contributed by atoms with E-state index in [-0.39, 0.29) is 61.8 Å². The molecule has 2 aliphatic heterocycles. The lowest BCUT2D eigenvalue weighted by molar-refractivity contribution is 0.0725. The Bertz CT molecular complexity index is 2510. The molecule has 65 heavy (non-hydrogen) atoms. The smallest absolute Gasteiger partial charge is 0.410 e. The molecule has 0 bridgehead atoms. The fourth-order valence-corrected chi connectivity index (χ4v) is 8.07. The minimum absolute atomic E-state index is 0. The van der Waals surface area contributed by atoms with Crippen molar-refractivity contribution in [3.8, 4) is 0 Å². The van der Waals surface area contributed by atoms with Crippen LogP contribution in [0.1, 0.15) is 104 Å². The number of amides is 1. The van der Waals surface area contributed by atoms with Crippen molar-refractivity contribution in [1.29, 1.82) is 0 Å². The van der Waals surface area contributed by atoms with Crippen LogP contribution >= 0.6 is 24.0 Å². The summed E-state index contributed by atoms with van der Waals surface area (Å²) in [5.74, 6) is 1.43. The topological polar surface area (TPSA) is 138 Å². The van der Waals surface area contributed by atoms with Crippen molar-refractivity contribution in [3.05, 3.63) is 198 Å². The molecule has 14 heteroatoms. The summed E-state index contributed by atoms with van der Waals surface area (Å²) in [5, 5.41) is 3.29. The van der Waals surface area contributed by atoms with Gasteiger partial charge in [-0.2, -0.15) is 0 Å². The first-order valence-electron chi connectivity index (χ1n) is 21.3. The lowest BCUT2D eigenvalue weighted by Crippen LogP contribution is -2.43. The minimum Gasteiger partial charge on any atom is -0.451 e. The van der Waals surface area contributed by atoms with E-state index in [0.717, 1.165) is 58.0 Å². The molecule has 12 nitrogen and oxygen atoms in total. The largest absolute Gasteiger partial charge is 0.451 e. The van der Waals surface area contributed by atoms with E-state index in [4.69, 9.17) is 26.3 Å². The van der Waals surface area contributed by atoms with Gasteiger partial charge in [0.1, 0.15) is 11.6 Å². The molecule has 6 aromatic rings. The third-order valence-electron chi connectivity index (χ3n) is 10.6. The quantitative estimate of drug-likeness (QED) is 0.148. The van der Waals surface area contributed by atoms with Gasteiger partial charge in [-0.3, -0.25) is 18.7 Å². The lowest BCUT2D eigenvalue weighted by Gasteiger charge is -2.30. The number of hydrogen-bond donors (Lipinski definition) is 1. The van der Waals surface area contributed by atoms with Crippen molar-refractivity contribution in [3.63, 3.8) is 0 Å². The maximum atomic E-state index is 13.8. The van der Waals surface area contributed by atoms with Crippen molar-refractivity contribution in [2.45, 2.75) is 99.2 Å². The van der Waals surface area contributed by atoms with E-state index in [9.17, 15) is 19.2 Å². The number of carbonyl (C=O) groups is 2. The summed E-state index contributed by atoms with van der Waals surface area (Å²) < 4.78 is 13.3.